The predicted molar refractivity (Wildman–Crippen MR) is 131 cm³/mol. The summed E-state index contributed by atoms with van der Waals surface area (Å²) in [5.41, 5.74) is 0.924. The molecule has 1 aromatic heterocycles. The summed E-state index contributed by atoms with van der Waals surface area (Å²) >= 11 is 1.75. The second-order valence-electron chi connectivity index (χ2n) is 6.84. The highest BCUT2D eigenvalue weighted by Crippen LogP contribution is 2.25. The molecule has 2 N–H and O–H groups in total. The number of benzene rings is 1. The first-order chi connectivity index (χ1) is 14.7. The summed E-state index contributed by atoms with van der Waals surface area (Å²) in [6, 6.07) is 11.6. The molecule has 3 rings (SSSR count). The van der Waals surface area contributed by atoms with Crippen molar-refractivity contribution in [3.63, 3.8) is 0 Å². The first-order valence-electron chi connectivity index (χ1n) is 9.95. The van der Waals surface area contributed by atoms with Gasteiger partial charge in [0.15, 0.2) is 5.96 Å². The number of rotatable bonds is 9. The van der Waals surface area contributed by atoms with Crippen molar-refractivity contribution in [2.24, 2.45) is 4.99 Å². The van der Waals surface area contributed by atoms with E-state index < -0.39 is 13.0 Å². The van der Waals surface area contributed by atoms with Crippen LogP contribution in [-0.4, -0.2) is 63.8 Å². The van der Waals surface area contributed by atoms with Gasteiger partial charge in [0.05, 0.1) is 19.3 Å². The van der Waals surface area contributed by atoms with Gasteiger partial charge in [-0.05, 0) is 29.1 Å². The highest BCUT2D eigenvalue weighted by atomic mass is 127. The van der Waals surface area contributed by atoms with Crippen LogP contribution in [0.25, 0.3) is 0 Å². The molecule has 10 heteroatoms. The van der Waals surface area contributed by atoms with E-state index in [-0.39, 0.29) is 30.0 Å². The highest BCUT2D eigenvalue weighted by Gasteiger charge is 2.23. The molecule has 1 aromatic carbocycles. The molecular formula is C21H29F2IN4O2S. The summed E-state index contributed by atoms with van der Waals surface area (Å²) in [4.78, 5) is 8.05. The van der Waals surface area contributed by atoms with Crippen molar-refractivity contribution in [3.8, 4) is 5.75 Å². The minimum Gasteiger partial charge on any atom is -0.488 e. The maximum atomic E-state index is 12.3. The number of thiophene rings is 1. The maximum absolute atomic E-state index is 12.3. The maximum Gasteiger partial charge on any atom is 0.272 e. The quantitative estimate of drug-likeness (QED) is 0.275. The van der Waals surface area contributed by atoms with E-state index >= 15 is 0 Å². The number of guanidine groups is 1. The van der Waals surface area contributed by atoms with Crippen molar-refractivity contribution < 1.29 is 18.3 Å². The van der Waals surface area contributed by atoms with Gasteiger partial charge in [-0.2, -0.15) is 0 Å². The Morgan fingerprint density at radius 1 is 1.23 bits per heavy atom. The molecule has 1 fully saturated rings. The van der Waals surface area contributed by atoms with Gasteiger partial charge in [0, 0.05) is 38.1 Å². The van der Waals surface area contributed by atoms with Gasteiger partial charge in [-0.15, -0.1) is 35.3 Å². The smallest absolute Gasteiger partial charge is 0.272 e. The average Bonchev–Trinajstić information content (AvgIpc) is 3.30. The minimum absolute atomic E-state index is 0. The molecular weight excluding hydrogens is 537 g/mol. The zero-order valence-electron chi connectivity index (χ0n) is 17.4. The molecule has 0 bridgehead atoms. The zero-order valence-corrected chi connectivity index (χ0v) is 20.6. The highest BCUT2D eigenvalue weighted by molar-refractivity contribution is 14.0. The number of nitrogens with one attached hydrogen (secondary N) is 2. The molecule has 31 heavy (non-hydrogen) atoms. The van der Waals surface area contributed by atoms with Crippen LogP contribution in [0.3, 0.4) is 0 Å². The fourth-order valence-electron chi connectivity index (χ4n) is 3.28. The van der Waals surface area contributed by atoms with E-state index in [1.54, 1.807) is 36.6 Å². The number of hydrogen-bond acceptors (Lipinski definition) is 5. The second kappa shape index (κ2) is 13.8. The summed E-state index contributed by atoms with van der Waals surface area (Å²) in [5, 5.41) is 8.79. The summed E-state index contributed by atoms with van der Waals surface area (Å²) in [6.07, 6.45) is -2.49. The topological polar surface area (TPSA) is 58.1 Å². The predicted octanol–water partition coefficient (Wildman–Crippen LogP) is 3.75. The Balaban J connectivity index is 0.00000341. The SMILES string of the molecule is CN=C(NCc1cccc(OCC(F)F)c1)NCC(c1cccs1)N1CCOCC1.I. The first-order valence-corrected chi connectivity index (χ1v) is 10.8. The third-order valence-corrected chi connectivity index (χ3v) is 5.75. The van der Waals surface area contributed by atoms with Crippen LogP contribution in [0.15, 0.2) is 46.8 Å². The van der Waals surface area contributed by atoms with Gasteiger partial charge in [0.1, 0.15) is 12.4 Å². The number of nitrogens with zero attached hydrogens (tertiary/aromatic N) is 2. The number of hydrogen-bond donors (Lipinski definition) is 2. The molecule has 0 spiro atoms. The van der Waals surface area contributed by atoms with Crippen molar-refractivity contribution in [1.82, 2.24) is 15.5 Å². The van der Waals surface area contributed by atoms with E-state index in [0.717, 1.165) is 38.4 Å². The number of ether oxygens (including phenoxy) is 2. The Hall–Kier alpha value is -1.50. The van der Waals surface area contributed by atoms with Gasteiger partial charge < -0.3 is 20.1 Å². The molecule has 1 aliphatic rings. The third-order valence-electron chi connectivity index (χ3n) is 4.78. The monoisotopic (exact) mass is 566 g/mol. The Morgan fingerprint density at radius 2 is 2.03 bits per heavy atom. The molecule has 0 radical (unpaired) electrons. The van der Waals surface area contributed by atoms with Crippen LogP contribution in [0.5, 0.6) is 5.75 Å². The fraction of sp³-hybridized carbons (Fsp3) is 0.476. The van der Waals surface area contributed by atoms with E-state index in [9.17, 15) is 8.78 Å². The van der Waals surface area contributed by atoms with Crippen molar-refractivity contribution in [3.05, 3.63) is 52.2 Å². The van der Waals surface area contributed by atoms with Crippen LogP contribution >= 0.6 is 35.3 Å². The third kappa shape index (κ3) is 8.51. The van der Waals surface area contributed by atoms with Crippen LogP contribution in [0.4, 0.5) is 8.78 Å². The molecule has 0 amide bonds. The lowest BCUT2D eigenvalue weighted by Gasteiger charge is -2.34. The standard InChI is InChI=1S/C21H28F2N4O2S.HI/c1-24-21(25-13-16-4-2-5-17(12-16)29-15-20(22)23)26-14-18(19-6-3-11-30-19)27-7-9-28-10-8-27;/h2-6,11-12,18,20H,7-10,13-15H2,1H3,(H2,24,25,26);1H. The fourth-order valence-corrected chi connectivity index (χ4v) is 4.14. The number of alkyl halides is 2. The lowest BCUT2D eigenvalue weighted by Crippen LogP contribution is -2.46. The Morgan fingerprint density at radius 3 is 2.71 bits per heavy atom. The van der Waals surface area contributed by atoms with Gasteiger partial charge in [-0.25, -0.2) is 8.78 Å². The van der Waals surface area contributed by atoms with E-state index in [0.29, 0.717) is 18.3 Å². The van der Waals surface area contributed by atoms with Crippen molar-refractivity contribution >= 4 is 41.3 Å². The summed E-state index contributed by atoms with van der Waals surface area (Å²) in [6.45, 7) is 3.93. The first kappa shape index (κ1) is 25.8. The molecule has 1 saturated heterocycles. The van der Waals surface area contributed by atoms with Gasteiger partial charge in [-0.3, -0.25) is 9.89 Å². The number of halogens is 3. The number of aliphatic imine (C=N–C) groups is 1. The van der Waals surface area contributed by atoms with Crippen LogP contribution in [0, 0.1) is 0 Å². The Labute approximate surface area is 203 Å². The lowest BCUT2D eigenvalue weighted by molar-refractivity contribution is 0.0177. The van der Waals surface area contributed by atoms with Gasteiger partial charge >= 0.3 is 0 Å². The lowest BCUT2D eigenvalue weighted by atomic mass is 10.2. The largest absolute Gasteiger partial charge is 0.488 e. The van der Waals surface area contributed by atoms with Crippen molar-refractivity contribution in [2.75, 3.05) is 46.5 Å². The molecule has 0 saturated carbocycles. The molecule has 1 atom stereocenters. The zero-order chi connectivity index (χ0) is 21.2. The summed E-state index contributed by atoms with van der Waals surface area (Å²) in [5.74, 6) is 1.12. The molecule has 0 aliphatic carbocycles. The van der Waals surface area contributed by atoms with Crippen molar-refractivity contribution in [1.29, 1.82) is 0 Å². The van der Waals surface area contributed by atoms with Crippen LogP contribution in [0.1, 0.15) is 16.5 Å². The van der Waals surface area contributed by atoms with E-state index in [4.69, 9.17) is 9.47 Å². The molecule has 1 aliphatic heterocycles. The molecule has 2 heterocycles. The average molecular weight is 566 g/mol. The van der Waals surface area contributed by atoms with Gasteiger partial charge in [0.25, 0.3) is 6.43 Å². The van der Waals surface area contributed by atoms with Gasteiger partial charge in [-0.1, -0.05) is 18.2 Å². The normalized spacial score (nSPS) is 15.9. The number of morpholine rings is 1. The van der Waals surface area contributed by atoms with E-state index in [1.807, 2.05) is 6.07 Å². The van der Waals surface area contributed by atoms with E-state index in [2.05, 4.69) is 38.0 Å². The van der Waals surface area contributed by atoms with Crippen LogP contribution in [0.2, 0.25) is 0 Å². The summed E-state index contributed by atoms with van der Waals surface area (Å²) in [7, 11) is 1.73. The van der Waals surface area contributed by atoms with Crippen molar-refractivity contribution in [2.45, 2.75) is 19.0 Å². The Kier molecular flexibility index (Phi) is 11.5. The minimum atomic E-state index is -2.49. The molecule has 6 nitrogen and oxygen atoms in total. The van der Waals surface area contributed by atoms with E-state index in [1.165, 1.54) is 4.88 Å². The van der Waals surface area contributed by atoms with Gasteiger partial charge in [0.2, 0.25) is 0 Å². The molecule has 1 unspecified atom stereocenters. The second-order valence-corrected chi connectivity index (χ2v) is 7.81. The molecule has 2 aromatic rings. The summed E-state index contributed by atoms with van der Waals surface area (Å²) < 4.78 is 35.3. The van der Waals surface area contributed by atoms with Crippen LogP contribution in [-0.2, 0) is 11.3 Å². The Bertz CT molecular complexity index is 789. The molecule has 172 valence electrons. The van der Waals surface area contributed by atoms with Crippen LogP contribution < -0.4 is 15.4 Å².